The van der Waals surface area contributed by atoms with Crippen molar-refractivity contribution in [1.82, 2.24) is 14.8 Å². The number of ether oxygens (including phenoxy) is 1. The fraction of sp³-hybridized carbons (Fsp3) is 0.389. The fourth-order valence-corrected chi connectivity index (χ4v) is 2.69. The molecule has 1 aliphatic rings. The molecular weight excluding hydrogens is 348 g/mol. The van der Waals surface area contributed by atoms with Crippen molar-refractivity contribution in [1.29, 1.82) is 0 Å². The maximum absolute atomic E-state index is 12.6. The average Bonchev–Trinajstić information content (AvgIpc) is 3.27. The number of anilines is 1. The van der Waals surface area contributed by atoms with Crippen LogP contribution in [0.25, 0.3) is 0 Å². The third kappa shape index (κ3) is 4.30. The van der Waals surface area contributed by atoms with Crippen molar-refractivity contribution in [2.45, 2.75) is 39.3 Å². The Morgan fingerprint density at radius 1 is 1.44 bits per heavy atom. The number of nitrogens with zero attached hydrogens (tertiary/aromatic N) is 4. The summed E-state index contributed by atoms with van der Waals surface area (Å²) in [6, 6.07) is 2.89. The molecule has 9 nitrogen and oxygen atoms in total. The highest BCUT2D eigenvalue weighted by Gasteiger charge is 2.28. The number of rotatable bonds is 7. The Labute approximate surface area is 156 Å². The maximum Gasteiger partial charge on any atom is 0.271 e. The normalized spacial score (nSPS) is 15.9. The van der Waals surface area contributed by atoms with E-state index in [-0.39, 0.29) is 23.9 Å². The van der Waals surface area contributed by atoms with Crippen LogP contribution in [0.15, 0.2) is 29.5 Å². The molecule has 1 atom stereocenters. The molecule has 0 saturated carbocycles. The third-order valence-corrected chi connectivity index (χ3v) is 4.09. The van der Waals surface area contributed by atoms with Crippen LogP contribution >= 0.6 is 0 Å². The Hall–Kier alpha value is -3.23. The Morgan fingerprint density at radius 2 is 2.26 bits per heavy atom. The number of aliphatic imine (C=N–C) groups is 1. The lowest BCUT2D eigenvalue weighted by Gasteiger charge is -2.06. The van der Waals surface area contributed by atoms with Crippen LogP contribution in [-0.4, -0.2) is 45.1 Å². The van der Waals surface area contributed by atoms with Gasteiger partial charge in [0.05, 0.1) is 5.69 Å². The molecule has 3 N–H and O–H groups in total. The fourth-order valence-electron chi connectivity index (χ4n) is 2.69. The van der Waals surface area contributed by atoms with Crippen LogP contribution in [-0.2, 0) is 16.1 Å². The van der Waals surface area contributed by atoms with Gasteiger partial charge in [-0.25, -0.2) is 4.99 Å². The molecular formula is C18H22N6O3. The molecule has 0 aliphatic carbocycles. The van der Waals surface area contributed by atoms with E-state index in [1.165, 1.54) is 0 Å². The van der Waals surface area contributed by atoms with Gasteiger partial charge >= 0.3 is 0 Å². The van der Waals surface area contributed by atoms with E-state index in [0.717, 1.165) is 24.1 Å². The van der Waals surface area contributed by atoms with E-state index in [1.54, 1.807) is 23.1 Å². The van der Waals surface area contributed by atoms with Crippen molar-refractivity contribution in [2.24, 2.45) is 10.7 Å². The van der Waals surface area contributed by atoms with E-state index in [4.69, 9.17) is 10.5 Å². The summed E-state index contributed by atoms with van der Waals surface area (Å²) in [6.45, 7) is 4.69. The topological polar surface area (TPSA) is 124 Å². The molecule has 0 radical (unpaired) electrons. The van der Waals surface area contributed by atoms with Crippen LogP contribution in [0.2, 0.25) is 0 Å². The van der Waals surface area contributed by atoms with Crippen molar-refractivity contribution in [3.8, 4) is 0 Å². The second-order valence-corrected chi connectivity index (χ2v) is 6.31. The second kappa shape index (κ2) is 7.98. The van der Waals surface area contributed by atoms with Gasteiger partial charge in [0.15, 0.2) is 11.7 Å². The Balaban J connectivity index is 1.74. The smallest absolute Gasteiger partial charge is 0.271 e. The molecule has 9 heteroatoms. The lowest BCUT2D eigenvalue weighted by molar-refractivity contribution is -0.117. The first-order valence-corrected chi connectivity index (χ1v) is 8.79. The van der Waals surface area contributed by atoms with Gasteiger partial charge in [0.2, 0.25) is 5.90 Å². The highest BCUT2D eigenvalue weighted by atomic mass is 16.5. The minimum Gasteiger partial charge on any atom is -0.475 e. The lowest BCUT2D eigenvalue weighted by atomic mass is 10.2. The molecule has 1 aliphatic heterocycles. The van der Waals surface area contributed by atoms with E-state index in [9.17, 15) is 9.59 Å². The molecule has 0 aromatic carbocycles. The zero-order chi connectivity index (χ0) is 19.4. The van der Waals surface area contributed by atoms with Gasteiger partial charge < -0.3 is 15.8 Å². The number of nitrogens with one attached hydrogen (secondary N) is 1. The van der Waals surface area contributed by atoms with Crippen molar-refractivity contribution in [3.05, 3.63) is 41.5 Å². The highest BCUT2D eigenvalue weighted by molar-refractivity contribution is 6.05. The second-order valence-electron chi connectivity index (χ2n) is 6.31. The minimum absolute atomic E-state index is 0.0346. The van der Waals surface area contributed by atoms with E-state index in [1.807, 2.05) is 13.0 Å². The SMILES string of the molecule is CCCCn1cc(NC(=O)C2COC(c3ccnc(C)c3)=N2)c(C(N)=O)n1. The molecule has 3 rings (SSSR count). The van der Waals surface area contributed by atoms with Crippen LogP contribution in [0.4, 0.5) is 5.69 Å². The largest absolute Gasteiger partial charge is 0.475 e. The number of hydrogen-bond acceptors (Lipinski definition) is 6. The van der Waals surface area contributed by atoms with Crippen LogP contribution in [0.3, 0.4) is 0 Å². The van der Waals surface area contributed by atoms with E-state index >= 15 is 0 Å². The molecule has 0 bridgehead atoms. The van der Waals surface area contributed by atoms with Crippen LogP contribution < -0.4 is 11.1 Å². The zero-order valence-electron chi connectivity index (χ0n) is 15.3. The van der Waals surface area contributed by atoms with Crippen molar-refractivity contribution >= 4 is 23.4 Å². The van der Waals surface area contributed by atoms with Gasteiger partial charge in [-0.3, -0.25) is 19.3 Å². The molecule has 27 heavy (non-hydrogen) atoms. The van der Waals surface area contributed by atoms with Crippen LogP contribution in [0, 0.1) is 6.92 Å². The van der Waals surface area contributed by atoms with E-state index in [0.29, 0.717) is 12.4 Å². The number of carbonyl (C=O) groups excluding carboxylic acids is 2. The molecule has 0 saturated heterocycles. The number of pyridine rings is 1. The minimum atomic E-state index is -0.715. The summed E-state index contributed by atoms with van der Waals surface area (Å²) in [6.07, 6.45) is 5.16. The van der Waals surface area contributed by atoms with Gasteiger partial charge in [0, 0.05) is 30.2 Å². The quantitative estimate of drug-likeness (QED) is 0.759. The summed E-state index contributed by atoms with van der Waals surface area (Å²) in [5.41, 5.74) is 7.29. The number of carbonyl (C=O) groups is 2. The average molecular weight is 370 g/mol. The number of amides is 2. The van der Waals surface area contributed by atoms with Gasteiger partial charge in [0.1, 0.15) is 6.61 Å². The monoisotopic (exact) mass is 370 g/mol. The standard InChI is InChI=1S/C18H22N6O3/c1-3-4-7-24-9-13(15(23-24)16(19)25)21-17(26)14-10-27-18(22-14)12-5-6-20-11(2)8-12/h5-6,8-9,14H,3-4,7,10H2,1-2H3,(H2,19,25)(H,21,26). The summed E-state index contributed by atoms with van der Waals surface area (Å²) >= 11 is 0. The zero-order valence-corrected chi connectivity index (χ0v) is 15.3. The predicted octanol–water partition coefficient (Wildman–Crippen LogP) is 1.27. The summed E-state index contributed by atoms with van der Waals surface area (Å²) in [5.74, 6) is -0.678. The van der Waals surface area contributed by atoms with Crippen LogP contribution in [0.1, 0.15) is 41.5 Å². The van der Waals surface area contributed by atoms with E-state index < -0.39 is 11.9 Å². The Kier molecular flexibility index (Phi) is 5.49. The number of hydrogen-bond donors (Lipinski definition) is 2. The number of primary amides is 1. The van der Waals surface area contributed by atoms with Gasteiger partial charge in [-0.05, 0) is 25.5 Å². The molecule has 142 valence electrons. The first kappa shape index (κ1) is 18.6. The molecule has 2 amide bonds. The molecule has 0 fully saturated rings. The van der Waals surface area contributed by atoms with Crippen molar-refractivity contribution < 1.29 is 14.3 Å². The summed E-state index contributed by atoms with van der Waals surface area (Å²) in [7, 11) is 0. The van der Waals surface area contributed by atoms with Gasteiger partial charge in [-0.2, -0.15) is 5.10 Å². The summed E-state index contributed by atoms with van der Waals surface area (Å²) in [5, 5.41) is 6.84. The molecule has 0 spiro atoms. The predicted molar refractivity (Wildman–Crippen MR) is 99.5 cm³/mol. The first-order valence-electron chi connectivity index (χ1n) is 8.79. The maximum atomic E-state index is 12.6. The van der Waals surface area contributed by atoms with Gasteiger partial charge in [0.25, 0.3) is 11.8 Å². The number of aromatic nitrogens is 3. The lowest BCUT2D eigenvalue weighted by Crippen LogP contribution is -2.28. The Morgan fingerprint density at radius 3 is 2.96 bits per heavy atom. The molecule has 2 aromatic heterocycles. The van der Waals surface area contributed by atoms with Crippen molar-refractivity contribution in [2.75, 3.05) is 11.9 Å². The van der Waals surface area contributed by atoms with Crippen LogP contribution in [0.5, 0.6) is 0 Å². The third-order valence-electron chi connectivity index (χ3n) is 4.09. The Bertz CT molecular complexity index is 889. The van der Waals surface area contributed by atoms with E-state index in [2.05, 4.69) is 27.3 Å². The van der Waals surface area contributed by atoms with Gasteiger partial charge in [-0.1, -0.05) is 13.3 Å². The summed E-state index contributed by atoms with van der Waals surface area (Å²) in [4.78, 5) is 32.6. The number of nitrogens with two attached hydrogens (primary N) is 1. The highest BCUT2D eigenvalue weighted by Crippen LogP contribution is 2.17. The first-order chi connectivity index (χ1) is 13.0. The molecule has 3 heterocycles. The van der Waals surface area contributed by atoms with Crippen molar-refractivity contribution in [3.63, 3.8) is 0 Å². The number of aryl methyl sites for hydroxylation is 2. The van der Waals surface area contributed by atoms with Gasteiger partial charge in [-0.15, -0.1) is 0 Å². The summed E-state index contributed by atoms with van der Waals surface area (Å²) < 4.78 is 7.16. The molecule has 1 unspecified atom stereocenters. The molecule has 2 aromatic rings. The number of unbranched alkanes of at least 4 members (excludes halogenated alkanes) is 1.